The van der Waals surface area contributed by atoms with Crippen molar-refractivity contribution >= 4 is 24.0 Å². The van der Waals surface area contributed by atoms with E-state index in [-0.39, 0.29) is 24.0 Å². The van der Waals surface area contributed by atoms with Crippen molar-refractivity contribution in [2.45, 2.75) is 12.8 Å². The van der Waals surface area contributed by atoms with Gasteiger partial charge in [0.05, 0.1) is 0 Å². The SMILES string of the molecule is C=CC1CC1.I. The van der Waals surface area contributed by atoms with Crippen LogP contribution >= 0.6 is 24.0 Å². The Morgan fingerprint density at radius 1 is 1.50 bits per heavy atom. The molecule has 0 aromatic carbocycles. The Balaban J connectivity index is 0.000000250. The van der Waals surface area contributed by atoms with Crippen LogP contribution in [0, 0.1) is 5.92 Å². The largest absolute Gasteiger partial charge is 0.107 e. The Hall–Kier alpha value is 0.470. The highest BCUT2D eigenvalue weighted by Crippen LogP contribution is 2.28. The van der Waals surface area contributed by atoms with Crippen molar-refractivity contribution in [3.8, 4) is 0 Å². The summed E-state index contributed by atoms with van der Waals surface area (Å²) in [5.74, 6) is 0.898. The van der Waals surface area contributed by atoms with Gasteiger partial charge in [-0.3, -0.25) is 0 Å². The predicted molar refractivity (Wildman–Crippen MR) is 38.3 cm³/mol. The van der Waals surface area contributed by atoms with Gasteiger partial charge >= 0.3 is 0 Å². The summed E-state index contributed by atoms with van der Waals surface area (Å²) in [6, 6.07) is 0. The van der Waals surface area contributed by atoms with Crippen molar-refractivity contribution in [3.05, 3.63) is 12.7 Å². The van der Waals surface area contributed by atoms with E-state index in [1.165, 1.54) is 12.8 Å². The molecule has 6 heavy (non-hydrogen) atoms. The molecule has 0 N–H and O–H groups in total. The summed E-state index contributed by atoms with van der Waals surface area (Å²) in [4.78, 5) is 0. The smallest absolute Gasteiger partial charge is 0.0236 e. The molecule has 0 atom stereocenters. The van der Waals surface area contributed by atoms with Crippen LogP contribution in [-0.2, 0) is 0 Å². The molecule has 0 saturated heterocycles. The van der Waals surface area contributed by atoms with Crippen LogP contribution in [0.25, 0.3) is 0 Å². The van der Waals surface area contributed by atoms with Crippen LogP contribution in [0.2, 0.25) is 0 Å². The molecule has 0 spiro atoms. The fraction of sp³-hybridized carbons (Fsp3) is 0.600. The van der Waals surface area contributed by atoms with Crippen LogP contribution in [0.15, 0.2) is 12.7 Å². The lowest BCUT2D eigenvalue weighted by atomic mass is 10.4. The van der Waals surface area contributed by atoms with E-state index in [1.54, 1.807) is 0 Å². The van der Waals surface area contributed by atoms with Gasteiger partial charge in [0.1, 0.15) is 0 Å². The molecule has 0 unspecified atom stereocenters. The Kier molecular flexibility index (Phi) is 2.82. The number of hydrogen-bond donors (Lipinski definition) is 0. The van der Waals surface area contributed by atoms with Crippen molar-refractivity contribution in [2.24, 2.45) is 5.92 Å². The van der Waals surface area contributed by atoms with Crippen molar-refractivity contribution < 1.29 is 0 Å². The summed E-state index contributed by atoms with van der Waals surface area (Å²) in [6.45, 7) is 3.62. The maximum absolute atomic E-state index is 3.62. The van der Waals surface area contributed by atoms with Crippen molar-refractivity contribution in [1.82, 2.24) is 0 Å². The monoisotopic (exact) mass is 196 g/mol. The summed E-state index contributed by atoms with van der Waals surface area (Å²) in [5, 5.41) is 0. The first-order chi connectivity index (χ1) is 2.43. The van der Waals surface area contributed by atoms with Crippen LogP contribution in [0.5, 0.6) is 0 Å². The number of hydrogen-bond acceptors (Lipinski definition) is 0. The zero-order valence-electron chi connectivity index (χ0n) is 3.68. The Labute approximate surface area is 55.6 Å². The lowest BCUT2D eigenvalue weighted by molar-refractivity contribution is 1.13. The quantitative estimate of drug-likeness (QED) is 0.445. The summed E-state index contributed by atoms with van der Waals surface area (Å²) in [5.41, 5.74) is 0. The number of allylic oxidation sites excluding steroid dienone is 1. The van der Waals surface area contributed by atoms with E-state index < -0.39 is 0 Å². The van der Waals surface area contributed by atoms with Gasteiger partial charge in [0, 0.05) is 0 Å². The molecule has 0 bridgehead atoms. The normalized spacial score (nSPS) is 18.7. The molecule has 1 heteroatoms. The van der Waals surface area contributed by atoms with Crippen LogP contribution in [-0.4, -0.2) is 0 Å². The van der Waals surface area contributed by atoms with Gasteiger partial charge in [0.25, 0.3) is 0 Å². The molecule has 1 aliphatic carbocycles. The zero-order chi connectivity index (χ0) is 3.70. The number of halogens is 1. The highest BCUT2D eigenvalue weighted by atomic mass is 127. The summed E-state index contributed by atoms with van der Waals surface area (Å²) in [7, 11) is 0. The maximum atomic E-state index is 3.62. The maximum Gasteiger partial charge on any atom is -0.0236 e. The summed E-state index contributed by atoms with van der Waals surface area (Å²) >= 11 is 0. The van der Waals surface area contributed by atoms with E-state index in [0.717, 1.165) is 5.92 Å². The van der Waals surface area contributed by atoms with Crippen LogP contribution in [0.4, 0.5) is 0 Å². The van der Waals surface area contributed by atoms with Gasteiger partial charge in [-0.1, -0.05) is 6.08 Å². The standard InChI is InChI=1S/C5H8.HI/c1-2-5-3-4-5;/h2,5H,1,3-4H2;1H. The van der Waals surface area contributed by atoms with Gasteiger partial charge in [-0.15, -0.1) is 30.6 Å². The fourth-order valence-electron chi connectivity index (χ4n) is 0.332. The molecule has 0 aliphatic heterocycles. The summed E-state index contributed by atoms with van der Waals surface area (Å²) in [6.07, 6.45) is 4.81. The van der Waals surface area contributed by atoms with Gasteiger partial charge in [-0.25, -0.2) is 0 Å². The molecule has 1 rings (SSSR count). The van der Waals surface area contributed by atoms with E-state index in [4.69, 9.17) is 0 Å². The first kappa shape index (κ1) is 6.47. The molecule has 1 aliphatic rings. The predicted octanol–water partition coefficient (Wildman–Crippen LogP) is 2.20. The van der Waals surface area contributed by atoms with E-state index in [1.807, 2.05) is 6.08 Å². The van der Waals surface area contributed by atoms with Crippen molar-refractivity contribution in [2.75, 3.05) is 0 Å². The van der Waals surface area contributed by atoms with E-state index in [0.29, 0.717) is 0 Å². The van der Waals surface area contributed by atoms with Gasteiger partial charge in [0.15, 0.2) is 0 Å². The van der Waals surface area contributed by atoms with Gasteiger partial charge in [0.2, 0.25) is 0 Å². The lowest BCUT2D eigenvalue weighted by Crippen LogP contribution is -1.50. The molecule has 1 fully saturated rings. The molecule has 0 aromatic rings. The topological polar surface area (TPSA) is 0 Å². The highest BCUT2D eigenvalue weighted by Gasteiger charge is 2.15. The average molecular weight is 196 g/mol. The minimum atomic E-state index is 0. The van der Waals surface area contributed by atoms with Crippen molar-refractivity contribution in [1.29, 1.82) is 0 Å². The third-order valence-corrected chi connectivity index (χ3v) is 0.955. The van der Waals surface area contributed by atoms with Crippen molar-refractivity contribution in [3.63, 3.8) is 0 Å². The Morgan fingerprint density at radius 2 is 2.00 bits per heavy atom. The van der Waals surface area contributed by atoms with Crippen LogP contribution in [0.3, 0.4) is 0 Å². The second-order valence-corrected chi connectivity index (χ2v) is 1.57. The molecular formula is C5H9I. The third-order valence-electron chi connectivity index (χ3n) is 0.955. The van der Waals surface area contributed by atoms with Gasteiger partial charge in [-0.05, 0) is 18.8 Å². The zero-order valence-corrected chi connectivity index (χ0v) is 6.01. The summed E-state index contributed by atoms with van der Waals surface area (Å²) < 4.78 is 0. The van der Waals surface area contributed by atoms with Crippen LogP contribution < -0.4 is 0 Å². The second kappa shape index (κ2) is 2.61. The fourth-order valence-corrected chi connectivity index (χ4v) is 0.332. The molecule has 0 aromatic heterocycles. The minimum absolute atomic E-state index is 0. The molecule has 0 radical (unpaired) electrons. The minimum Gasteiger partial charge on any atom is -0.107 e. The molecular weight excluding hydrogens is 187 g/mol. The van der Waals surface area contributed by atoms with E-state index in [2.05, 4.69) is 6.58 Å². The molecule has 36 valence electrons. The molecule has 0 heterocycles. The first-order valence-electron chi connectivity index (χ1n) is 2.06. The molecule has 1 saturated carbocycles. The first-order valence-corrected chi connectivity index (χ1v) is 2.06. The molecule has 0 amide bonds. The average Bonchev–Trinajstić information content (AvgIpc) is 2.12. The highest BCUT2D eigenvalue weighted by molar-refractivity contribution is 14.0. The Bertz CT molecular complexity index is 45.9. The molecule has 0 nitrogen and oxygen atoms in total. The Morgan fingerprint density at radius 3 is 2.00 bits per heavy atom. The van der Waals surface area contributed by atoms with E-state index >= 15 is 0 Å². The lowest BCUT2D eigenvalue weighted by Gasteiger charge is -1.63. The third kappa shape index (κ3) is 1.80. The van der Waals surface area contributed by atoms with Crippen LogP contribution in [0.1, 0.15) is 12.8 Å². The number of rotatable bonds is 1. The second-order valence-electron chi connectivity index (χ2n) is 1.57. The van der Waals surface area contributed by atoms with Gasteiger partial charge < -0.3 is 0 Å². The van der Waals surface area contributed by atoms with Gasteiger partial charge in [-0.2, -0.15) is 0 Å². The van der Waals surface area contributed by atoms with E-state index in [9.17, 15) is 0 Å².